The van der Waals surface area contributed by atoms with E-state index in [4.69, 9.17) is 9.84 Å². The number of benzene rings is 1. The van der Waals surface area contributed by atoms with Crippen LogP contribution in [-0.4, -0.2) is 31.9 Å². The van der Waals surface area contributed by atoms with Gasteiger partial charge in [-0.2, -0.15) is 0 Å². The van der Waals surface area contributed by atoms with Crippen molar-refractivity contribution in [3.05, 3.63) is 23.8 Å². The van der Waals surface area contributed by atoms with Gasteiger partial charge in [-0.15, -0.1) is 0 Å². The van der Waals surface area contributed by atoms with Gasteiger partial charge in [-0.05, 0) is 30.2 Å². The van der Waals surface area contributed by atoms with E-state index in [1.54, 1.807) is 12.1 Å². The van der Waals surface area contributed by atoms with E-state index in [1.807, 2.05) is 0 Å². The Hall–Kier alpha value is -1.56. The van der Waals surface area contributed by atoms with E-state index in [0.717, 1.165) is 0 Å². The topological polar surface area (TPSA) is 80.7 Å². The summed E-state index contributed by atoms with van der Waals surface area (Å²) in [6.07, 6.45) is -0.125. The third kappa shape index (κ3) is 2.00. The number of carboxylic acid groups (broad SMARTS) is 1. The summed E-state index contributed by atoms with van der Waals surface area (Å²) in [5.74, 6) is -0.520. The molecule has 92 valence electrons. The number of hydrogen-bond acceptors (Lipinski definition) is 4. The quantitative estimate of drug-likeness (QED) is 0.867. The second-order valence-corrected chi connectivity index (χ2v) is 6.14. The molecular weight excluding hydrogens is 244 g/mol. The molecule has 1 atom stereocenters. The van der Waals surface area contributed by atoms with Crippen molar-refractivity contribution >= 4 is 15.8 Å². The Kier molecular flexibility index (Phi) is 2.82. The van der Waals surface area contributed by atoms with Crippen molar-refractivity contribution in [1.82, 2.24) is 0 Å². The highest BCUT2D eigenvalue weighted by atomic mass is 32.2. The van der Waals surface area contributed by atoms with Crippen LogP contribution < -0.4 is 4.74 Å². The predicted molar refractivity (Wildman–Crippen MR) is 59.9 cm³/mol. The Morgan fingerprint density at radius 2 is 2.24 bits per heavy atom. The molecule has 1 unspecified atom stereocenters. The van der Waals surface area contributed by atoms with E-state index >= 15 is 0 Å². The minimum absolute atomic E-state index is 0.226. The van der Waals surface area contributed by atoms with Gasteiger partial charge in [-0.1, -0.05) is 0 Å². The van der Waals surface area contributed by atoms with E-state index in [0.29, 0.717) is 11.3 Å². The lowest BCUT2D eigenvalue weighted by atomic mass is 10.1. The van der Waals surface area contributed by atoms with Crippen LogP contribution in [0.3, 0.4) is 0 Å². The van der Waals surface area contributed by atoms with Gasteiger partial charge < -0.3 is 9.84 Å². The van der Waals surface area contributed by atoms with Crippen LogP contribution in [0.15, 0.2) is 23.1 Å². The number of rotatable bonds is 3. The summed E-state index contributed by atoms with van der Waals surface area (Å²) in [4.78, 5) is 10.9. The molecule has 17 heavy (non-hydrogen) atoms. The first kappa shape index (κ1) is 11.9. The number of ether oxygens (including phenoxy) is 1. The van der Waals surface area contributed by atoms with E-state index in [2.05, 4.69) is 0 Å². The molecule has 2 rings (SSSR count). The molecule has 1 aromatic rings. The Bertz CT molecular complexity index is 561. The fourth-order valence-electron chi connectivity index (χ4n) is 2.03. The second kappa shape index (κ2) is 4.03. The van der Waals surface area contributed by atoms with Crippen molar-refractivity contribution in [2.24, 2.45) is 0 Å². The van der Waals surface area contributed by atoms with Gasteiger partial charge in [0, 0.05) is 0 Å². The lowest BCUT2D eigenvalue weighted by Crippen LogP contribution is -2.20. The molecular formula is C11H12O5S. The lowest BCUT2D eigenvalue weighted by Gasteiger charge is -2.04. The maximum absolute atomic E-state index is 12.0. The standard InChI is InChI=1S/C11H12O5S/c1-16-8-2-3-10-7(4-8)5-9(6-11(12)13)17(10,14)15/h2-4,9H,5-6H2,1H3,(H,12,13). The van der Waals surface area contributed by atoms with E-state index in [9.17, 15) is 13.2 Å². The Labute approximate surface area is 98.9 Å². The van der Waals surface area contributed by atoms with Crippen LogP contribution in [-0.2, 0) is 21.1 Å². The van der Waals surface area contributed by atoms with Gasteiger partial charge in [0.1, 0.15) is 5.75 Å². The average Bonchev–Trinajstić information content (AvgIpc) is 2.49. The fraction of sp³-hybridized carbons (Fsp3) is 0.364. The van der Waals surface area contributed by atoms with Gasteiger partial charge in [0.15, 0.2) is 9.84 Å². The van der Waals surface area contributed by atoms with Gasteiger partial charge in [-0.25, -0.2) is 8.42 Å². The number of aliphatic carboxylic acids is 1. The predicted octanol–water partition coefficient (Wildman–Crippen LogP) is 0.868. The molecule has 0 spiro atoms. The van der Waals surface area contributed by atoms with E-state index in [-0.39, 0.29) is 17.7 Å². The van der Waals surface area contributed by atoms with Crippen LogP contribution in [0.25, 0.3) is 0 Å². The summed E-state index contributed by atoms with van der Waals surface area (Å²) in [5.41, 5.74) is 0.635. The largest absolute Gasteiger partial charge is 0.497 e. The summed E-state index contributed by atoms with van der Waals surface area (Å²) < 4.78 is 29.0. The maximum atomic E-state index is 12.0. The monoisotopic (exact) mass is 256 g/mol. The highest BCUT2D eigenvalue weighted by Crippen LogP contribution is 2.34. The van der Waals surface area contributed by atoms with Crippen LogP contribution >= 0.6 is 0 Å². The number of carboxylic acids is 1. The van der Waals surface area contributed by atoms with E-state index in [1.165, 1.54) is 13.2 Å². The Balaban J connectivity index is 2.42. The van der Waals surface area contributed by atoms with Crippen molar-refractivity contribution in [2.45, 2.75) is 23.0 Å². The van der Waals surface area contributed by atoms with Gasteiger partial charge in [0.2, 0.25) is 0 Å². The molecule has 1 N–H and O–H groups in total. The lowest BCUT2D eigenvalue weighted by molar-refractivity contribution is -0.137. The molecule has 0 aliphatic carbocycles. The zero-order valence-corrected chi connectivity index (χ0v) is 10.0. The zero-order valence-electron chi connectivity index (χ0n) is 9.21. The molecule has 0 radical (unpaired) electrons. The van der Waals surface area contributed by atoms with Crippen molar-refractivity contribution in [2.75, 3.05) is 7.11 Å². The van der Waals surface area contributed by atoms with Crippen molar-refractivity contribution < 1.29 is 23.1 Å². The minimum atomic E-state index is -3.50. The first-order valence-corrected chi connectivity index (χ1v) is 6.62. The van der Waals surface area contributed by atoms with E-state index < -0.39 is 21.1 Å². The number of sulfone groups is 1. The first-order chi connectivity index (χ1) is 7.95. The smallest absolute Gasteiger partial charge is 0.304 e. The molecule has 0 amide bonds. The SMILES string of the molecule is COc1ccc2c(c1)CC(CC(=O)O)S2(=O)=O. The van der Waals surface area contributed by atoms with Crippen LogP contribution in [0.5, 0.6) is 5.75 Å². The summed E-state index contributed by atoms with van der Waals surface area (Å²) in [6, 6.07) is 4.69. The molecule has 0 aromatic heterocycles. The third-order valence-electron chi connectivity index (χ3n) is 2.86. The molecule has 6 heteroatoms. The molecule has 0 fully saturated rings. The molecule has 5 nitrogen and oxygen atoms in total. The molecule has 0 saturated heterocycles. The molecule has 0 bridgehead atoms. The summed E-state index contributed by atoms with van der Waals surface area (Å²) in [5, 5.41) is 7.84. The fourth-order valence-corrected chi connectivity index (χ4v) is 3.92. The second-order valence-electron chi connectivity index (χ2n) is 3.94. The minimum Gasteiger partial charge on any atom is -0.497 e. The highest BCUT2D eigenvalue weighted by molar-refractivity contribution is 7.92. The molecule has 1 heterocycles. The molecule has 1 aromatic carbocycles. The number of methoxy groups -OCH3 is 1. The van der Waals surface area contributed by atoms with Crippen molar-refractivity contribution in [1.29, 1.82) is 0 Å². The highest BCUT2D eigenvalue weighted by Gasteiger charge is 2.38. The van der Waals surface area contributed by atoms with Crippen LogP contribution in [0.2, 0.25) is 0 Å². The Morgan fingerprint density at radius 1 is 1.53 bits per heavy atom. The van der Waals surface area contributed by atoms with Gasteiger partial charge in [-0.3, -0.25) is 4.79 Å². The molecule has 1 aliphatic rings. The van der Waals surface area contributed by atoms with Crippen LogP contribution in [0, 0.1) is 0 Å². The zero-order chi connectivity index (χ0) is 12.6. The van der Waals surface area contributed by atoms with Crippen molar-refractivity contribution in [3.63, 3.8) is 0 Å². The van der Waals surface area contributed by atoms with Gasteiger partial charge in [0.05, 0.1) is 23.7 Å². The summed E-state index contributed by atoms with van der Waals surface area (Å²) in [7, 11) is -2.00. The molecule has 1 aliphatic heterocycles. The number of hydrogen-bond donors (Lipinski definition) is 1. The number of carbonyl (C=O) groups is 1. The van der Waals surface area contributed by atoms with Crippen LogP contribution in [0.1, 0.15) is 12.0 Å². The third-order valence-corrected chi connectivity index (χ3v) is 5.09. The summed E-state index contributed by atoms with van der Waals surface area (Å²) in [6.45, 7) is 0. The maximum Gasteiger partial charge on any atom is 0.304 e. The molecule has 0 saturated carbocycles. The van der Waals surface area contributed by atoms with Crippen molar-refractivity contribution in [3.8, 4) is 5.75 Å². The van der Waals surface area contributed by atoms with Gasteiger partial charge >= 0.3 is 5.97 Å². The Morgan fingerprint density at radius 3 is 2.82 bits per heavy atom. The number of fused-ring (bicyclic) bond motifs is 1. The van der Waals surface area contributed by atoms with Crippen LogP contribution in [0.4, 0.5) is 0 Å². The van der Waals surface area contributed by atoms with Gasteiger partial charge in [0.25, 0.3) is 0 Å². The summed E-state index contributed by atoms with van der Waals surface area (Å²) >= 11 is 0. The first-order valence-electron chi connectivity index (χ1n) is 5.07. The normalized spacial score (nSPS) is 20.9. The average molecular weight is 256 g/mol.